The van der Waals surface area contributed by atoms with E-state index < -0.39 is 17.3 Å². The third-order valence-corrected chi connectivity index (χ3v) is 1.86. The minimum Gasteiger partial charge on any atom is -0.444 e. The van der Waals surface area contributed by atoms with Crippen molar-refractivity contribution in [1.82, 2.24) is 5.32 Å². The van der Waals surface area contributed by atoms with Gasteiger partial charge in [-0.2, -0.15) is 0 Å². The normalized spacial score (nSPS) is 15.8. The topological polar surface area (TPSA) is 58.6 Å². The summed E-state index contributed by atoms with van der Waals surface area (Å²) in [4.78, 5) is 11.3. The highest BCUT2D eigenvalue weighted by Crippen LogP contribution is 2.15. The van der Waals surface area contributed by atoms with Gasteiger partial charge in [-0.15, -0.1) is 0 Å². The molecule has 1 unspecified atom stereocenters. The van der Waals surface area contributed by atoms with Gasteiger partial charge in [0.1, 0.15) is 5.60 Å². The van der Waals surface area contributed by atoms with Crippen molar-refractivity contribution >= 4 is 6.09 Å². The van der Waals surface area contributed by atoms with Gasteiger partial charge in [0.25, 0.3) is 0 Å². The zero-order valence-electron chi connectivity index (χ0n) is 11.3. The molecule has 0 aromatic rings. The van der Waals surface area contributed by atoms with Gasteiger partial charge < -0.3 is 15.2 Å². The Morgan fingerprint density at radius 2 is 1.81 bits per heavy atom. The van der Waals surface area contributed by atoms with Crippen molar-refractivity contribution < 1.29 is 14.6 Å². The number of hydrogen-bond donors (Lipinski definition) is 2. The molecule has 1 atom stereocenters. The molecule has 1 amide bonds. The number of amides is 1. The Bertz CT molecular complexity index is 229. The van der Waals surface area contributed by atoms with Crippen molar-refractivity contribution in [2.75, 3.05) is 6.54 Å². The summed E-state index contributed by atoms with van der Waals surface area (Å²) in [5.41, 5.74) is -1.39. The van der Waals surface area contributed by atoms with E-state index >= 15 is 0 Å². The standard InChI is InChI=1S/C12H25NO3/c1-9(2)7-12(6,15)8-13-10(14)16-11(3,4)5/h9,15H,7-8H2,1-6H3,(H,13,14). The van der Waals surface area contributed by atoms with Gasteiger partial charge in [0.05, 0.1) is 5.60 Å². The van der Waals surface area contributed by atoms with Gasteiger partial charge in [0.2, 0.25) is 0 Å². The Morgan fingerprint density at radius 3 is 2.19 bits per heavy atom. The third kappa shape index (κ3) is 8.53. The summed E-state index contributed by atoms with van der Waals surface area (Å²) in [6.45, 7) is 11.4. The van der Waals surface area contributed by atoms with Crippen molar-refractivity contribution in [1.29, 1.82) is 0 Å². The molecule has 0 aliphatic rings. The van der Waals surface area contributed by atoms with E-state index in [2.05, 4.69) is 5.32 Å². The molecule has 0 bridgehead atoms. The lowest BCUT2D eigenvalue weighted by Gasteiger charge is -2.26. The molecular weight excluding hydrogens is 206 g/mol. The molecule has 96 valence electrons. The average Bonchev–Trinajstić information content (AvgIpc) is 1.95. The number of aliphatic hydroxyl groups is 1. The van der Waals surface area contributed by atoms with Crippen molar-refractivity contribution in [3.05, 3.63) is 0 Å². The zero-order chi connectivity index (χ0) is 13.0. The predicted molar refractivity (Wildman–Crippen MR) is 64.3 cm³/mol. The summed E-state index contributed by atoms with van der Waals surface area (Å²) >= 11 is 0. The van der Waals surface area contributed by atoms with Crippen LogP contribution in [-0.2, 0) is 4.74 Å². The molecule has 0 saturated heterocycles. The lowest BCUT2D eigenvalue weighted by Crippen LogP contribution is -2.43. The van der Waals surface area contributed by atoms with E-state index in [1.807, 2.05) is 13.8 Å². The molecule has 2 N–H and O–H groups in total. The summed E-state index contributed by atoms with van der Waals surface area (Å²) in [5, 5.41) is 12.5. The SMILES string of the molecule is CC(C)CC(C)(O)CNC(=O)OC(C)(C)C. The first-order valence-electron chi connectivity index (χ1n) is 5.71. The smallest absolute Gasteiger partial charge is 0.407 e. The van der Waals surface area contributed by atoms with Gasteiger partial charge in [0, 0.05) is 6.54 Å². The monoisotopic (exact) mass is 231 g/mol. The Balaban J connectivity index is 4.00. The van der Waals surface area contributed by atoms with Gasteiger partial charge in [-0.3, -0.25) is 0 Å². The summed E-state index contributed by atoms with van der Waals surface area (Å²) < 4.78 is 5.08. The van der Waals surface area contributed by atoms with Crippen LogP contribution >= 0.6 is 0 Å². The Kier molecular flexibility index (Phi) is 5.26. The molecule has 0 saturated carbocycles. The second kappa shape index (κ2) is 5.53. The van der Waals surface area contributed by atoms with E-state index in [-0.39, 0.29) is 6.54 Å². The van der Waals surface area contributed by atoms with Crippen LogP contribution in [0.3, 0.4) is 0 Å². The molecule has 0 rings (SSSR count). The summed E-state index contributed by atoms with van der Waals surface area (Å²) in [7, 11) is 0. The Hall–Kier alpha value is -0.770. The lowest BCUT2D eigenvalue weighted by atomic mass is 9.94. The van der Waals surface area contributed by atoms with Gasteiger partial charge in [-0.1, -0.05) is 13.8 Å². The van der Waals surface area contributed by atoms with Crippen LogP contribution in [0, 0.1) is 5.92 Å². The van der Waals surface area contributed by atoms with E-state index in [4.69, 9.17) is 4.74 Å². The maximum absolute atomic E-state index is 11.3. The summed E-state index contributed by atoms with van der Waals surface area (Å²) in [6, 6.07) is 0. The van der Waals surface area contributed by atoms with Crippen LogP contribution in [0.4, 0.5) is 4.79 Å². The van der Waals surface area contributed by atoms with Gasteiger partial charge in [-0.05, 0) is 40.0 Å². The summed E-state index contributed by atoms with van der Waals surface area (Å²) in [5.74, 6) is 0.385. The molecule has 4 heteroatoms. The highest BCUT2D eigenvalue weighted by atomic mass is 16.6. The van der Waals surface area contributed by atoms with Crippen LogP contribution in [0.2, 0.25) is 0 Å². The number of carbonyl (C=O) groups excluding carboxylic acids is 1. The molecule has 0 spiro atoms. The maximum atomic E-state index is 11.3. The van der Waals surface area contributed by atoms with Crippen LogP contribution < -0.4 is 5.32 Å². The number of nitrogens with one attached hydrogen (secondary N) is 1. The molecule has 0 fully saturated rings. The fraction of sp³-hybridized carbons (Fsp3) is 0.917. The minimum atomic E-state index is -0.884. The predicted octanol–water partition coefficient (Wildman–Crippen LogP) is 2.31. The first-order chi connectivity index (χ1) is 7.02. The van der Waals surface area contributed by atoms with E-state index in [9.17, 15) is 9.90 Å². The van der Waals surface area contributed by atoms with Crippen molar-refractivity contribution in [3.63, 3.8) is 0 Å². The van der Waals surface area contributed by atoms with Gasteiger partial charge in [0.15, 0.2) is 0 Å². The molecular formula is C12H25NO3. The number of carbonyl (C=O) groups is 1. The Morgan fingerprint density at radius 1 is 1.31 bits per heavy atom. The molecule has 0 heterocycles. The van der Waals surface area contributed by atoms with Crippen molar-refractivity contribution in [2.24, 2.45) is 5.92 Å². The maximum Gasteiger partial charge on any atom is 0.407 e. The number of hydrogen-bond acceptors (Lipinski definition) is 3. The van der Waals surface area contributed by atoms with Crippen molar-refractivity contribution in [2.45, 2.75) is 59.2 Å². The molecule has 0 aliphatic heterocycles. The largest absolute Gasteiger partial charge is 0.444 e. The average molecular weight is 231 g/mol. The van der Waals surface area contributed by atoms with Crippen LogP contribution in [0.1, 0.15) is 48.0 Å². The van der Waals surface area contributed by atoms with Crippen LogP contribution in [0.15, 0.2) is 0 Å². The molecule has 0 radical (unpaired) electrons. The quantitative estimate of drug-likeness (QED) is 0.780. The number of rotatable bonds is 4. The third-order valence-electron chi connectivity index (χ3n) is 1.86. The highest BCUT2D eigenvalue weighted by molar-refractivity contribution is 5.67. The van der Waals surface area contributed by atoms with E-state index in [1.165, 1.54) is 0 Å². The molecule has 16 heavy (non-hydrogen) atoms. The highest BCUT2D eigenvalue weighted by Gasteiger charge is 2.24. The fourth-order valence-electron chi connectivity index (χ4n) is 1.53. The Labute approximate surface area is 98.4 Å². The van der Waals surface area contributed by atoms with Crippen molar-refractivity contribution in [3.8, 4) is 0 Å². The molecule has 4 nitrogen and oxygen atoms in total. The van der Waals surface area contributed by atoms with Gasteiger partial charge in [-0.25, -0.2) is 4.79 Å². The fourth-order valence-corrected chi connectivity index (χ4v) is 1.53. The molecule has 0 aromatic carbocycles. The number of ether oxygens (including phenoxy) is 1. The van der Waals surface area contributed by atoms with Crippen LogP contribution in [-0.4, -0.2) is 28.9 Å². The molecule has 0 aromatic heterocycles. The van der Waals surface area contributed by atoms with Crippen LogP contribution in [0.25, 0.3) is 0 Å². The second-order valence-electron chi connectivity index (χ2n) is 5.95. The first kappa shape index (κ1) is 15.2. The molecule has 0 aliphatic carbocycles. The minimum absolute atomic E-state index is 0.208. The van der Waals surface area contributed by atoms with E-state index in [0.29, 0.717) is 12.3 Å². The lowest BCUT2D eigenvalue weighted by molar-refractivity contribution is 0.0230. The van der Waals surface area contributed by atoms with Gasteiger partial charge >= 0.3 is 6.09 Å². The summed E-state index contributed by atoms with van der Waals surface area (Å²) in [6.07, 6.45) is 0.152. The second-order valence-corrected chi connectivity index (χ2v) is 5.95. The first-order valence-corrected chi connectivity index (χ1v) is 5.71. The zero-order valence-corrected chi connectivity index (χ0v) is 11.3. The van der Waals surface area contributed by atoms with Crippen LogP contribution in [0.5, 0.6) is 0 Å². The van der Waals surface area contributed by atoms with E-state index in [1.54, 1.807) is 27.7 Å². The number of alkyl carbamates (subject to hydrolysis) is 1. The van der Waals surface area contributed by atoms with E-state index in [0.717, 1.165) is 0 Å².